The van der Waals surface area contributed by atoms with Gasteiger partial charge in [0.1, 0.15) is 0 Å². The van der Waals surface area contributed by atoms with Crippen LogP contribution in [-0.4, -0.2) is 5.78 Å². The van der Waals surface area contributed by atoms with Crippen molar-refractivity contribution in [1.29, 1.82) is 0 Å². The number of rotatable bonds is 2. The summed E-state index contributed by atoms with van der Waals surface area (Å²) in [6.45, 7) is 0. The second-order valence-corrected chi connectivity index (χ2v) is 7.03. The number of ketones is 1. The molecule has 2 aromatic rings. The van der Waals surface area contributed by atoms with E-state index in [2.05, 4.69) is 38.5 Å². The van der Waals surface area contributed by atoms with Gasteiger partial charge in [-0.3, -0.25) is 4.79 Å². The van der Waals surface area contributed by atoms with Gasteiger partial charge in [0.2, 0.25) is 0 Å². The molecule has 0 aliphatic carbocycles. The minimum atomic E-state index is -0.225. The number of benzene rings is 2. The van der Waals surface area contributed by atoms with Gasteiger partial charge in [-0.25, -0.2) is 0 Å². The number of hydrogen-bond acceptors (Lipinski definition) is 1. The first kappa shape index (κ1) is 15.6. The van der Waals surface area contributed by atoms with Crippen LogP contribution in [0.25, 0.3) is 0 Å². The van der Waals surface area contributed by atoms with E-state index in [4.69, 9.17) is 34.8 Å². The van der Waals surface area contributed by atoms with Gasteiger partial charge in [-0.1, -0.05) is 50.7 Å². The predicted octanol–water partition coefficient (Wildman–Crippen LogP) is 6.24. The molecule has 19 heavy (non-hydrogen) atoms. The highest BCUT2D eigenvalue weighted by molar-refractivity contribution is 14.1. The molecule has 0 saturated carbocycles. The van der Waals surface area contributed by atoms with Gasteiger partial charge in [-0.05, 0) is 52.9 Å². The molecule has 0 saturated heterocycles. The molecular weight excluding hydrogens is 485 g/mol. The molecule has 0 spiro atoms. The number of halogens is 5. The van der Waals surface area contributed by atoms with E-state index < -0.39 is 0 Å². The monoisotopic (exact) mass is 488 g/mol. The van der Waals surface area contributed by atoms with Gasteiger partial charge in [-0.2, -0.15) is 0 Å². The van der Waals surface area contributed by atoms with Crippen molar-refractivity contribution in [3.05, 3.63) is 64.6 Å². The minimum Gasteiger partial charge on any atom is -0.288 e. The Morgan fingerprint density at radius 3 is 2.21 bits per heavy atom. The zero-order chi connectivity index (χ0) is 14.2. The lowest BCUT2D eigenvalue weighted by atomic mass is 10.0. The maximum atomic E-state index is 12.5. The highest BCUT2D eigenvalue weighted by Gasteiger charge is 2.19. The third-order valence-corrected chi connectivity index (χ3v) is 4.66. The molecule has 0 fully saturated rings. The van der Waals surface area contributed by atoms with Crippen LogP contribution in [0, 0.1) is 3.57 Å². The Bertz CT molecular complexity index is 650. The Labute approximate surface area is 147 Å². The minimum absolute atomic E-state index is 0.225. The van der Waals surface area contributed by atoms with E-state index in [-0.39, 0.29) is 21.4 Å². The third kappa shape index (κ3) is 3.45. The van der Waals surface area contributed by atoms with E-state index >= 15 is 0 Å². The highest BCUT2D eigenvalue weighted by Crippen LogP contribution is 2.32. The molecule has 6 heteroatoms. The Balaban J connectivity index is 2.59. The summed E-state index contributed by atoms with van der Waals surface area (Å²) in [6.07, 6.45) is 0. The van der Waals surface area contributed by atoms with E-state index in [0.29, 0.717) is 10.6 Å². The van der Waals surface area contributed by atoms with Crippen LogP contribution in [0.2, 0.25) is 15.1 Å². The van der Waals surface area contributed by atoms with E-state index in [0.717, 1.165) is 8.04 Å². The molecule has 98 valence electrons. The molecule has 0 amide bonds. The second kappa shape index (κ2) is 6.31. The standard InChI is InChI=1S/C13H5BrCl3IO/c14-6-1-2-11(18)8(3-6)13(19)12-9(16)4-7(15)5-10(12)17/h1-5H. The molecule has 1 nitrogen and oxygen atoms in total. The summed E-state index contributed by atoms with van der Waals surface area (Å²) in [5.41, 5.74) is 0.810. The molecule has 0 heterocycles. The molecule has 0 atom stereocenters. The van der Waals surface area contributed by atoms with Crippen molar-refractivity contribution >= 4 is 79.1 Å². The van der Waals surface area contributed by atoms with Crippen LogP contribution < -0.4 is 0 Å². The Morgan fingerprint density at radius 1 is 1.05 bits per heavy atom. The zero-order valence-electron chi connectivity index (χ0n) is 9.18. The first-order valence-corrected chi connectivity index (χ1v) is 8.05. The summed E-state index contributed by atoms with van der Waals surface area (Å²) in [5, 5.41) is 0.895. The molecule has 2 rings (SSSR count). The highest BCUT2D eigenvalue weighted by atomic mass is 127. The summed E-state index contributed by atoms with van der Waals surface area (Å²) >= 11 is 23.4. The summed E-state index contributed by atoms with van der Waals surface area (Å²) in [7, 11) is 0. The van der Waals surface area contributed by atoms with E-state index in [9.17, 15) is 4.79 Å². The molecular formula is C13H5BrCl3IO. The first-order chi connectivity index (χ1) is 8.90. The second-order valence-electron chi connectivity index (χ2n) is 3.70. The Morgan fingerprint density at radius 2 is 1.63 bits per heavy atom. The summed E-state index contributed by atoms with van der Waals surface area (Å²) < 4.78 is 1.64. The molecule has 0 aliphatic rings. The number of carbonyl (C=O) groups excluding carboxylic acids is 1. The van der Waals surface area contributed by atoms with Gasteiger partial charge in [-0.15, -0.1) is 0 Å². The summed E-state index contributed by atoms with van der Waals surface area (Å²) in [4.78, 5) is 12.5. The van der Waals surface area contributed by atoms with Crippen molar-refractivity contribution in [2.45, 2.75) is 0 Å². The van der Waals surface area contributed by atoms with Gasteiger partial charge >= 0.3 is 0 Å². The van der Waals surface area contributed by atoms with Crippen LogP contribution >= 0.6 is 73.3 Å². The average Bonchev–Trinajstić information content (AvgIpc) is 2.30. The molecule has 0 unspecified atom stereocenters. The van der Waals surface area contributed by atoms with Crippen molar-refractivity contribution in [3.63, 3.8) is 0 Å². The fraction of sp³-hybridized carbons (Fsp3) is 0. The smallest absolute Gasteiger partial charge is 0.197 e. The van der Waals surface area contributed by atoms with Crippen molar-refractivity contribution in [3.8, 4) is 0 Å². The van der Waals surface area contributed by atoms with Crippen molar-refractivity contribution < 1.29 is 4.79 Å². The van der Waals surface area contributed by atoms with E-state index in [1.807, 2.05) is 12.1 Å². The van der Waals surface area contributed by atoms with Gasteiger partial charge in [0, 0.05) is 18.6 Å². The zero-order valence-corrected chi connectivity index (χ0v) is 15.2. The van der Waals surface area contributed by atoms with Gasteiger partial charge in [0.25, 0.3) is 0 Å². The van der Waals surface area contributed by atoms with Crippen molar-refractivity contribution in [2.75, 3.05) is 0 Å². The number of hydrogen-bond donors (Lipinski definition) is 0. The normalized spacial score (nSPS) is 10.6. The Hall–Kier alpha value is 0.190. The average molecular weight is 490 g/mol. The fourth-order valence-corrected chi connectivity index (χ4v) is 3.50. The largest absolute Gasteiger partial charge is 0.288 e. The van der Waals surface area contributed by atoms with Crippen molar-refractivity contribution in [1.82, 2.24) is 0 Å². The maximum absolute atomic E-state index is 12.5. The molecule has 0 aliphatic heterocycles. The lowest BCUT2D eigenvalue weighted by Gasteiger charge is -2.09. The van der Waals surface area contributed by atoms with Crippen LogP contribution in [0.5, 0.6) is 0 Å². The first-order valence-electron chi connectivity index (χ1n) is 5.04. The number of carbonyl (C=O) groups is 1. The predicted molar refractivity (Wildman–Crippen MR) is 91.8 cm³/mol. The molecule has 0 aromatic heterocycles. The van der Waals surface area contributed by atoms with Crippen LogP contribution in [0.1, 0.15) is 15.9 Å². The molecule has 0 bridgehead atoms. The van der Waals surface area contributed by atoms with Gasteiger partial charge < -0.3 is 0 Å². The van der Waals surface area contributed by atoms with Gasteiger partial charge in [0.05, 0.1) is 15.6 Å². The quantitative estimate of drug-likeness (QED) is 0.360. The van der Waals surface area contributed by atoms with E-state index in [1.54, 1.807) is 6.07 Å². The fourth-order valence-electron chi connectivity index (χ4n) is 1.57. The maximum Gasteiger partial charge on any atom is 0.197 e. The molecule has 0 radical (unpaired) electrons. The molecule has 2 aromatic carbocycles. The van der Waals surface area contributed by atoms with E-state index in [1.165, 1.54) is 12.1 Å². The summed E-state index contributed by atoms with van der Waals surface area (Å²) in [5.74, 6) is -0.225. The lowest BCUT2D eigenvalue weighted by molar-refractivity contribution is 0.103. The van der Waals surface area contributed by atoms with Crippen LogP contribution in [0.3, 0.4) is 0 Å². The van der Waals surface area contributed by atoms with Crippen LogP contribution in [0.15, 0.2) is 34.8 Å². The van der Waals surface area contributed by atoms with Crippen LogP contribution in [-0.2, 0) is 0 Å². The summed E-state index contributed by atoms with van der Waals surface area (Å²) in [6, 6.07) is 8.46. The Kier molecular flexibility index (Phi) is 5.17. The SMILES string of the molecule is O=C(c1cc(Br)ccc1I)c1c(Cl)cc(Cl)cc1Cl. The topological polar surface area (TPSA) is 17.1 Å². The van der Waals surface area contributed by atoms with Gasteiger partial charge in [0.15, 0.2) is 5.78 Å². The third-order valence-electron chi connectivity index (χ3n) is 2.41. The lowest BCUT2D eigenvalue weighted by Crippen LogP contribution is -2.05. The van der Waals surface area contributed by atoms with Crippen LogP contribution in [0.4, 0.5) is 0 Å². The molecule has 0 N–H and O–H groups in total. The van der Waals surface area contributed by atoms with Crippen molar-refractivity contribution in [2.24, 2.45) is 0 Å².